The number of aromatic nitrogens is 1. The van der Waals surface area contributed by atoms with Crippen LogP contribution in [0.2, 0.25) is 0 Å². The molecule has 3 aliphatic rings. The van der Waals surface area contributed by atoms with Crippen molar-refractivity contribution < 1.29 is 53.7 Å². The van der Waals surface area contributed by atoms with Crippen molar-refractivity contribution >= 4 is 40.8 Å². The molecule has 0 aliphatic heterocycles. The number of esters is 1. The third-order valence-corrected chi connectivity index (χ3v) is 8.53. The van der Waals surface area contributed by atoms with E-state index in [1.165, 1.54) is 43.6 Å². The van der Waals surface area contributed by atoms with Crippen LogP contribution in [0.3, 0.4) is 0 Å². The number of carbonyl (C=O) groups excluding carboxylic acids is 5. The molecule has 2 aromatic carbocycles. The Labute approximate surface area is 253 Å². The Hall–Kier alpha value is -5.76. The number of hydrogen-bond acceptors (Lipinski definition) is 12. The first-order chi connectivity index (χ1) is 21.4. The van der Waals surface area contributed by atoms with E-state index in [4.69, 9.17) is 15.0 Å². The molecular weight excluding hydrogens is 590 g/mol. The Bertz CT molecular complexity index is 1910. The van der Waals surface area contributed by atoms with E-state index in [2.05, 4.69) is 10.5 Å². The summed E-state index contributed by atoms with van der Waals surface area (Å²) in [5, 5.41) is 50.6. The molecule has 0 bridgehead atoms. The number of aliphatic hydroxyl groups excluding tert-OH is 2. The number of aliphatic hydroxyl groups is 3. The molecule has 14 nitrogen and oxygen atoms in total. The molecule has 1 saturated carbocycles. The van der Waals surface area contributed by atoms with Gasteiger partial charge in [0.2, 0.25) is 11.5 Å². The number of phenolic OH excluding ortho intramolecular Hbond substituents is 1. The fourth-order valence-electron chi connectivity index (χ4n) is 6.51. The summed E-state index contributed by atoms with van der Waals surface area (Å²) in [6.07, 6.45) is 0.805. The van der Waals surface area contributed by atoms with E-state index in [1.807, 2.05) is 0 Å². The average Bonchev–Trinajstić information content (AvgIpc) is 3.54. The highest BCUT2D eigenvalue weighted by Crippen LogP contribution is 2.53. The first-order valence-electron chi connectivity index (χ1n) is 13.6. The van der Waals surface area contributed by atoms with Crippen LogP contribution in [0.25, 0.3) is 16.9 Å². The van der Waals surface area contributed by atoms with Crippen molar-refractivity contribution in [3.8, 4) is 16.9 Å². The summed E-state index contributed by atoms with van der Waals surface area (Å²) in [4.78, 5) is 63.5. The van der Waals surface area contributed by atoms with Crippen LogP contribution in [0.15, 0.2) is 64.0 Å². The first kappa shape index (κ1) is 29.3. The van der Waals surface area contributed by atoms with E-state index >= 15 is 0 Å². The van der Waals surface area contributed by atoms with Crippen LogP contribution in [0.4, 0.5) is 5.69 Å². The van der Waals surface area contributed by atoms with E-state index in [9.17, 15) is 44.4 Å². The van der Waals surface area contributed by atoms with Crippen LogP contribution in [0, 0.1) is 11.8 Å². The number of ether oxygens (including phenoxy) is 1. The largest absolute Gasteiger partial charge is 0.508 e. The number of nitrogens with one attached hydrogen (secondary N) is 1. The third-order valence-electron chi connectivity index (χ3n) is 8.53. The van der Waals surface area contributed by atoms with Crippen LogP contribution >= 0.6 is 0 Å². The smallest absolute Gasteiger partial charge is 0.337 e. The van der Waals surface area contributed by atoms with Crippen molar-refractivity contribution in [2.24, 2.45) is 17.6 Å². The average molecular weight is 616 g/mol. The molecule has 3 aliphatic carbocycles. The lowest BCUT2D eigenvalue weighted by atomic mass is 9.59. The molecule has 0 radical (unpaired) electrons. The number of hydrogen-bond donors (Lipinski definition) is 6. The maximum absolute atomic E-state index is 13.8. The minimum Gasteiger partial charge on any atom is -0.508 e. The number of rotatable bonds is 5. The Morgan fingerprint density at radius 3 is 2.51 bits per heavy atom. The number of phenols is 1. The maximum atomic E-state index is 13.8. The number of Topliss-reactive ketones (excluding diaryl/α,β-unsaturated/α-hetero) is 2. The van der Waals surface area contributed by atoms with Gasteiger partial charge in [-0.1, -0.05) is 11.2 Å². The molecular formula is C31H25N3O11. The normalized spacial score (nSPS) is 22.4. The molecule has 3 atom stereocenters. The molecule has 1 unspecified atom stereocenters. The second-order valence-electron chi connectivity index (χ2n) is 11.0. The monoisotopic (exact) mass is 615 g/mol. The van der Waals surface area contributed by atoms with Gasteiger partial charge in [-0.05, 0) is 59.7 Å². The van der Waals surface area contributed by atoms with Gasteiger partial charge in [0, 0.05) is 29.7 Å². The van der Waals surface area contributed by atoms with Crippen molar-refractivity contribution in [1.29, 1.82) is 0 Å². The van der Waals surface area contributed by atoms with Crippen molar-refractivity contribution in [2.75, 3.05) is 12.4 Å². The molecule has 45 heavy (non-hydrogen) atoms. The summed E-state index contributed by atoms with van der Waals surface area (Å²) in [5.41, 5.74) is 2.65. The Kier molecular flexibility index (Phi) is 6.81. The van der Waals surface area contributed by atoms with Gasteiger partial charge in [-0.15, -0.1) is 0 Å². The number of fused-ring (bicyclic) bond motifs is 3. The van der Waals surface area contributed by atoms with Crippen LogP contribution in [-0.4, -0.2) is 67.6 Å². The molecule has 0 saturated heterocycles. The molecule has 230 valence electrons. The molecule has 6 rings (SSSR count). The minimum atomic E-state index is -2.69. The molecule has 1 fully saturated rings. The van der Waals surface area contributed by atoms with Crippen LogP contribution in [0.1, 0.15) is 44.9 Å². The Morgan fingerprint density at radius 1 is 1.09 bits per heavy atom. The number of nitrogens with zero attached hydrogens (tertiary/aromatic N) is 1. The number of ketones is 2. The van der Waals surface area contributed by atoms with Gasteiger partial charge in [0.05, 0.1) is 24.4 Å². The predicted molar refractivity (Wildman–Crippen MR) is 153 cm³/mol. The molecule has 0 spiro atoms. The maximum Gasteiger partial charge on any atom is 0.337 e. The number of aromatic hydroxyl groups is 1. The Balaban J connectivity index is 1.49. The third kappa shape index (κ3) is 4.45. The molecule has 7 N–H and O–H groups in total. The predicted octanol–water partition coefficient (Wildman–Crippen LogP) is 2.12. The summed E-state index contributed by atoms with van der Waals surface area (Å²) in [7, 11) is 1.19. The van der Waals surface area contributed by atoms with E-state index in [0.717, 1.165) is 0 Å². The summed E-state index contributed by atoms with van der Waals surface area (Å²) in [5.74, 6) is -8.84. The zero-order chi connectivity index (χ0) is 32.4. The van der Waals surface area contributed by atoms with Crippen LogP contribution < -0.4 is 11.1 Å². The number of carbonyl (C=O) groups is 5. The molecule has 2 amide bonds. The SMILES string of the molecule is COC(=O)c1cc(NC(=O)c2ccno2)cc(-c2ccc(O)c3c2CC2C[C@H]4CC(=O)C(C(N)=O)=C(O)[C@@]4(O)C(=O)C2=C3O)c1. The van der Waals surface area contributed by atoms with Crippen molar-refractivity contribution in [3.05, 3.63) is 82.0 Å². The summed E-state index contributed by atoms with van der Waals surface area (Å²) in [6.45, 7) is 0. The first-order valence-corrected chi connectivity index (χ1v) is 13.6. The lowest BCUT2D eigenvalue weighted by molar-refractivity contribution is -0.147. The fourth-order valence-corrected chi connectivity index (χ4v) is 6.51. The van der Waals surface area contributed by atoms with Gasteiger partial charge in [-0.3, -0.25) is 19.2 Å². The van der Waals surface area contributed by atoms with Crippen molar-refractivity contribution in [1.82, 2.24) is 5.16 Å². The van der Waals surface area contributed by atoms with Crippen LogP contribution in [-0.2, 0) is 25.5 Å². The lowest BCUT2D eigenvalue weighted by Crippen LogP contribution is -2.58. The van der Waals surface area contributed by atoms with Crippen LogP contribution in [0.5, 0.6) is 5.75 Å². The van der Waals surface area contributed by atoms with Crippen molar-refractivity contribution in [3.63, 3.8) is 0 Å². The quantitative estimate of drug-likeness (QED) is 0.179. The zero-order valence-corrected chi connectivity index (χ0v) is 23.5. The minimum absolute atomic E-state index is 0.0281. The highest BCUT2D eigenvalue weighted by atomic mass is 16.5. The van der Waals surface area contributed by atoms with Gasteiger partial charge < -0.3 is 40.7 Å². The fraction of sp³-hybridized carbons (Fsp3) is 0.226. The molecule has 1 heterocycles. The van der Waals surface area contributed by atoms with Gasteiger partial charge >= 0.3 is 5.97 Å². The number of anilines is 1. The number of amides is 2. The number of benzene rings is 2. The topological polar surface area (TPSA) is 240 Å². The zero-order valence-electron chi connectivity index (χ0n) is 23.5. The molecule has 14 heteroatoms. The number of nitrogens with two attached hydrogens (primary N) is 1. The van der Waals surface area contributed by atoms with Gasteiger partial charge in [0.1, 0.15) is 22.8 Å². The Morgan fingerprint density at radius 2 is 1.84 bits per heavy atom. The van der Waals surface area contributed by atoms with E-state index in [-0.39, 0.29) is 41.0 Å². The summed E-state index contributed by atoms with van der Waals surface area (Å²) < 4.78 is 9.77. The van der Waals surface area contributed by atoms with E-state index in [0.29, 0.717) is 16.7 Å². The second kappa shape index (κ2) is 10.4. The van der Waals surface area contributed by atoms with Gasteiger partial charge in [0.15, 0.2) is 11.4 Å². The lowest BCUT2D eigenvalue weighted by Gasteiger charge is -2.46. The highest BCUT2D eigenvalue weighted by molar-refractivity contribution is 6.22. The van der Waals surface area contributed by atoms with Gasteiger partial charge in [-0.2, -0.15) is 0 Å². The van der Waals surface area contributed by atoms with E-state index in [1.54, 1.807) is 6.07 Å². The van der Waals surface area contributed by atoms with Gasteiger partial charge in [-0.25, -0.2) is 4.79 Å². The number of primary amides is 1. The standard InChI is InChI=1S/C31H25N3O11/c1-44-30(42)14-6-12(8-16(9-14)34-29(41)21-4-5-33-45-21)17-2-3-19(35)23-18(17)10-13-7-15-11-20(36)24(28(32)40)27(39)31(15,43)26(38)22(13)25(23)37/h2-6,8-9,13,15,35,37,39,43H,7,10-11H2,1H3,(H2,32,40)(H,34,41)/t13?,15-,31-/m0/s1. The molecule has 1 aromatic heterocycles. The summed E-state index contributed by atoms with van der Waals surface area (Å²) >= 11 is 0. The second-order valence-corrected chi connectivity index (χ2v) is 11.0. The van der Waals surface area contributed by atoms with E-state index < -0.39 is 76.0 Å². The summed E-state index contributed by atoms with van der Waals surface area (Å²) in [6, 6.07) is 8.55. The molecule has 3 aromatic rings. The van der Waals surface area contributed by atoms with Crippen molar-refractivity contribution in [2.45, 2.75) is 24.9 Å². The number of methoxy groups -OCH3 is 1. The highest BCUT2D eigenvalue weighted by Gasteiger charge is 2.60. The van der Waals surface area contributed by atoms with Gasteiger partial charge in [0.25, 0.3) is 11.8 Å².